The zero-order valence-corrected chi connectivity index (χ0v) is 10.3. The summed E-state index contributed by atoms with van der Waals surface area (Å²) in [4.78, 5) is 0. The van der Waals surface area contributed by atoms with Gasteiger partial charge in [0.15, 0.2) is 0 Å². The van der Waals surface area contributed by atoms with Crippen LogP contribution in [0.1, 0.15) is 26.7 Å². The molecule has 0 unspecified atom stereocenters. The van der Waals surface area contributed by atoms with E-state index in [1.165, 1.54) is 0 Å². The molecule has 0 spiro atoms. The molecule has 0 rings (SSSR count). The van der Waals surface area contributed by atoms with Crippen molar-refractivity contribution in [3.63, 3.8) is 0 Å². The molecule has 0 radical (unpaired) electrons. The third-order valence-corrected chi connectivity index (χ3v) is 0.697. The van der Waals surface area contributed by atoms with Gasteiger partial charge in [-0.3, -0.25) is 0 Å². The Kier molecular flexibility index (Phi) is 13.3. The summed E-state index contributed by atoms with van der Waals surface area (Å²) < 4.78 is 3.52. The number of hydrogen-bond donors (Lipinski definition) is 0. The quantitative estimate of drug-likeness (QED) is 0.535. The van der Waals surface area contributed by atoms with Gasteiger partial charge in [0.2, 0.25) is 0 Å². The summed E-state index contributed by atoms with van der Waals surface area (Å²) >= 11 is 19.3. The first-order valence-electron chi connectivity index (χ1n) is 3.75. The Bertz CT molecular complexity index is 72.0. The largest absolute Gasteiger partial charge is 0.381 e. The second-order valence-corrected chi connectivity index (χ2v) is 5.47. The lowest BCUT2D eigenvalue weighted by Crippen LogP contribution is -1.92. The maximum atomic E-state index is 5.13. The smallest absolute Gasteiger partial charge is 0.266 e. The van der Waals surface area contributed by atoms with Crippen molar-refractivity contribution in [3.05, 3.63) is 0 Å². The molecule has 0 aromatic carbocycles. The molecular formula is C7H14Cl4O. The SMILES string of the molecule is CCCOCCC.ClC(Cl)(Cl)Cl. The topological polar surface area (TPSA) is 9.23 Å². The number of halogens is 4. The molecule has 0 atom stereocenters. The monoisotopic (exact) mass is 254 g/mol. The molecular weight excluding hydrogens is 242 g/mol. The van der Waals surface area contributed by atoms with Crippen molar-refractivity contribution in [2.24, 2.45) is 0 Å². The van der Waals surface area contributed by atoms with Crippen LogP contribution in [-0.2, 0) is 4.74 Å². The summed E-state index contributed by atoms with van der Waals surface area (Å²) in [5, 5.41) is 0. The molecule has 1 nitrogen and oxygen atoms in total. The van der Waals surface area contributed by atoms with Crippen molar-refractivity contribution >= 4 is 46.4 Å². The van der Waals surface area contributed by atoms with Crippen LogP contribution in [-0.4, -0.2) is 16.5 Å². The highest BCUT2D eigenvalue weighted by molar-refractivity contribution is 6.83. The fraction of sp³-hybridized carbons (Fsp3) is 1.00. The minimum atomic E-state index is -1.61. The van der Waals surface area contributed by atoms with E-state index in [9.17, 15) is 0 Å². The standard InChI is InChI=1S/C6H14O.CCl4/c1-3-5-7-6-4-2;2-1(3,4)5/h3-6H2,1-2H3;. The molecule has 0 saturated carbocycles. The van der Waals surface area contributed by atoms with Gasteiger partial charge in [-0.25, -0.2) is 0 Å². The zero-order valence-electron chi connectivity index (χ0n) is 7.25. The summed E-state index contributed by atoms with van der Waals surface area (Å²) in [6.45, 7) is 6.09. The molecule has 12 heavy (non-hydrogen) atoms. The molecule has 0 saturated heterocycles. The van der Waals surface area contributed by atoms with E-state index in [1.54, 1.807) is 0 Å². The molecule has 0 aromatic heterocycles. The lowest BCUT2D eigenvalue weighted by atomic mass is 10.5. The van der Waals surface area contributed by atoms with E-state index in [0.29, 0.717) is 0 Å². The fourth-order valence-corrected chi connectivity index (χ4v) is 0.391. The van der Waals surface area contributed by atoms with Crippen LogP contribution in [0.2, 0.25) is 0 Å². The number of rotatable bonds is 4. The van der Waals surface area contributed by atoms with Gasteiger partial charge >= 0.3 is 0 Å². The average molecular weight is 256 g/mol. The third kappa shape index (κ3) is 43.4. The highest BCUT2D eigenvalue weighted by Gasteiger charge is 2.11. The van der Waals surface area contributed by atoms with Crippen molar-refractivity contribution in [1.82, 2.24) is 0 Å². The second-order valence-electron chi connectivity index (χ2n) is 2.04. The zero-order chi connectivity index (χ0) is 10.0. The van der Waals surface area contributed by atoms with Gasteiger partial charge in [-0.1, -0.05) is 60.3 Å². The number of alkyl halides is 4. The Labute approximate surface area is 94.3 Å². The summed E-state index contributed by atoms with van der Waals surface area (Å²) in [6, 6.07) is 0. The van der Waals surface area contributed by atoms with E-state index < -0.39 is 3.25 Å². The van der Waals surface area contributed by atoms with Crippen LogP contribution >= 0.6 is 46.4 Å². The molecule has 0 fully saturated rings. The van der Waals surface area contributed by atoms with E-state index in [4.69, 9.17) is 51.1 Å². The van der Waals surface area contributed by atoms with E-state index in [-0.39, 0.29) is 0 Å². The highest BCUT2D eigenvalue weighted by Crippen LogP contribution is 2.29. The van der Waals surface area contributed by atoms with Crippen LogP contribution < -0.4 is 0 Å². The number of hydrogen-bond acceptors (Lipinski definition) is 1. The van der Waals surface area contributed by atoms with Crippen LogP contribution in [0.3, 0.4) is 0 Å². The molecule has 0 bridgehead atoms. The maximum Gasteiger partial charge on any atom is 0.266 e. The van der Waals surface area contributed by atoms with Gasteiger partial charge in [0.05, 0.1) is 0 Å². The molecule has 0 aromatic rings. The van der Waals surface area contributed by atoms with Crippen molar-refractivity contribution in [3.8, 4) is 0 Å². The second kappa shape index (κ2) is 10.2. The van der Waals surface area contributed by atoms with Gasteiger partial charge in [-0.15, -0.1) is 0 Å². The van der Waals surface area contributed by atoms with Crippen molar-refractivity contribution in [2.75, 3.05) is 13.2 Å². The van der Waals surface area contributed by atoms with E-state index >= 15 is 0 Å². The summed E-state index contributed by atoms with van der Waals surface area (Å²) in [6.07, 6.45) is 2.28. The Morgan fingerprint density at radius 3 is 1.33 bits per heavy atom. The predicted molar refractivity (Wildman–Crippen MR) is 57.5 cm³/mol. The highest BCUT2D eigenvalue weighted by atomic mass is 35.6. The third-order valence-electron chi connectivity index (χ3n) is 0.697. The molecule has 0 aliphatic rings. The molecule has 5 heteroatoms. The van der Waals surface area contributed by atoms with Crippen molar-refractivity contribution in [1.29, 1.82) is 0 Å². The first-order chi connectivity index (χ1) is 5.41. The molecule has 76 valence electrons. The van der Waals surface area contributed by atoms with Gasteiger partial charge in [0, 0.05) is 13.2 Å². The van der Waals surface area contributed by atoms with Crippen LogP contribution in [0, 0.1) is 0 Å². The van der Waals surface area contributed by atoms with Crippen LogP contribution in [0.4, 0.5) is 0 Å². The first-order valence-corrected chi connectivity index (χ1v) is 5.26. The molecule has 0 N–H and O–H groups in total. The van der Waals surface area contributed by atoms with E-state index in [2.05, 4.69) is 13.8 Å². The Morgan fingerprint density at radius 1 is 0.917 bits per heavy atom. The molecule has 0 heterocycles. The van der Waals surface area contributed by atoms with Crippen LogP contribution in [0.15, 0.2) is 0 Å². The normalized spacial score (nSPS) is 10.5. The molecule has 0 amide bonds. The van der Waals surface area contributed by atoms with Crippen molar-refractivity contribution < 1.29 is 4.74 Å². The fourth-order valence-electron chi connectivity index (χ4n) is 0.391. The van der Waals surface area contributed by atoms with Gasteiger partial charge in [0.1, 0.15) is 0 Å². The van der Waals surface area contributed by atoms with Gasteiger partial charge in [0.25, 0.3) is 3.25 Å². The van der Waals surface area contributed by atoms with Crippen LogP contribution in [0.5, 0.6) is 0 Å². The predicted octanol–water partition coefficient (Wildman–Crippen LogP) is 4.38. The Hall–Kier alpha value is 1.12. The summed E-state index contributed by atoms with van der Waals surface area (Å²) in [5.74, 6) is 0. The van der Waals surface area contributed by atoms with Gasteiger partial charge in [-0.05, 0) is 12.8 Å². The average Bonchev–Trinajstić information content (AvgIpc) is 1.85. The van der Waals surface area contributed by atoms with Crippen molar-refractivity contribution in [2.45, 2.75) is 29.9 Å². The van der Waals surface area contributed by atoms with E-state index in [1.807, 2.05) is 0 Å². The van der Waals surface area contributed by atoms with Gasteiger partial charge in [-0.2, -0.15) is 0 Å². The Morgan fingerprint density at radius 2 is 1.17 bits per heavy atom. The maximum absolute atomic E-state index is 5.13. The minimum Gasteiger partial charge on any atom is -0.381 e. The van der Waals surface area contributed by atoms with Gasteiger partial charge < -0.3 is 4.74 Å². The molecule has 0 aliphatic heterocycles. The minimum absolute atomic E-state index is 0.924. The lowest BCUT2D eigenvalue weighted by Gasteiger charge is -1.95. The summed E-state index contributed by atoms with van der Waals surface area (Å²) in [5.41, 5.74) is 0. The van der Waals surface area contributed by atoms with Crippen LogP contribution in [0.25, 0.3) is 0 Å². The Balaban J connectivity index is 0. The van der Waals surface area contributed by atoms with E-state index in [0.717, 1.165) is 26.1 Å². The first kappa shape index (κ1) is 15.6. The lowest BCUT2D eigenvalue weighted by molar-refractivity contribution is 0.135. The number of ether oxygens (including phenoxy) is 1. The molecule has 0 aliphatic carbocycles. The summed E-state index contributed by atoms with van der Waals surface area (Å²) in [7, 11) is 0.